The molecular formula is C26H34N6O2S. The fourth-order valence-electron chi connectivity index (χ4n) is 4.18. The summed E-state index contributed by atoms with van der Waals surface area (Å²) in [4.78, 5) is 26.3. The van der Waals surface area contributed by atoms with Crippen LogP contribution in [0, 0.1) is 0 Å². The molecule has 0 bridgehead atoms. The zero-order valence-corrected chi connectivity index (χ0v) is 21.9. The van der Waals surface area contributed by atoms with E-state index in [1.54, 1.807) is 7.11 Å². The molecule has 35 heavy (non-hydrogen) atoms. The highest BCUT2D eigenvalue weighted by Crippen LogP contribution is 2.34. The van der Waals surface area contributed by atoms with Gasteiger partial charge >= 0.3 is 6.03 Å². The molecule has 1 fully saturated rings. The van der Waals surface area contributed by atoms with E-state index >= 15 is 0 Å². The van der Waals surface area contributed by atoms with E-state index in [9.17, 15) is 4.79 Å². The van der Waals surface area contributed by atoms with E-state index in [4.69, 9.17) is 4.74 Å². The highest BCUT2D eigenvalue weighted by atomic mass is 32.1. The van der Waals surface area contributed by atoms with Crippen LogP contribution in [0.2, 0.25) is 0 Å². The van der Waals surface area contributed by atoms with Crippen LogP contribution in [-0.2, 0) is 12.0 Å². The van der Waals surface area contributed by atoms with Crippen molar-refractivity contribution in [1.82, 2.24) is 20.2 Å². The summed E-state index contributed by atoms with van der Waals surface area (Å²) in [6, 6.07) is 12.3. The molecule has 3 heterocycles. The Balaban J connectivity index is 1.29. The van der Waals surface area contributed by atoms with Crippen molar-refractivity contribution in [3.63, 3.8) is 0 Å². The van der Waals surface area contributed by atoms with Crippen LogP contribution in [0.1, 0.15) is 37.1 Å². The lowest BCUT2D eigenvalue weighted by atomic mass is 9.82. The zero-order valence-electron chi connectivity index (χ0n) is 21.0. The first kappa shape index (κ1) is 24.9. The average Bonchev–Trinajstić information content (AvgIpc) is 3.54. The van der Waals surface area contributed by atoms with Gasteiger partial charge in [0.2, 0.25) is 0 Å². The van der Waals surface area contributed by atoms with Crippen LogP contribution < -0.4 is 20.3 Å². The number of methoxy groups -OCH3 is 1. The summed E-state index contributed by atoms with van der Waals surface area (Å²) in [5, 5.41) is 8.30. The number of nitrogens with zero attached hydrogens (tertiary/aromatic N) is 4. The van der Waals surface area contributed by atoms with Gasteiger partial charge in [0.25, 0.3) is 0 Å². The molecule has 1 saturated heterocycles. The summed E-state index contributed by atoms with van der Waals surface area (Å²) in [5.74, 6) is 1.80. The normalized spacial score (nSPS) is 15.9. The molecule has 1 atom stereocenters. The van der Waals surface area contributed by atoms with E-state index in [0.717, 1.165) is 47.9 Å². The number of rotatable bonds is 8. The smallest absolute Gasteiger partial charge is 0.321 e. The predicted molar refractivity (Wildman–Crippen MR) is 142 cm³/mol. The molecule has 1 unspecified atom stereocenters. The van der Waals surface area contributed by atoms with Gasteiger partial charge < -0.3 is 19.9 Å². The van der Waals surface area contributed by atoms with Gasteiger partial charge in [0.15, 0.2) is 5.13 Å². The molecule has 1 aliphatic rings. The van der Waals surface area contributed by atoms with Gasteiger partial charge in [-0.3, -0.25) is 5.32 Å². The van der Waals surface area contributed by atoms with Gasteiger partial charge in [-0.15, -0.1) is 11.3 Å². The van der Waals surface area contributed by atoms with Crippen LogP contribution >= 0.6 is 11.3 Å². The molecule has 0 spiro atoms. The molecule has 186 valence electrons. The first-order chi connectivity index (χ1) is 16.8. The maximum atomic E-state index is 12.5. The summed E-state index contributed by atoms with van der Waals surface area (Å²) in [7, 11) is 5.90. The van der Waals surface area contributed by atoms with Crippen LogP contribution in [0.25, 0.3) is 0 Å². The third kappa shape index (κ3) is 5.91. The molecule has 1 aromatic carbocycles. The van der Waals surface area contributed by atoms with Crippen LogP contribution in [0.15, 0.2) is 48.0 Å². The average molecular weight is 495 g/mol. The standard InChI is InChI=1S/C26H34N6O2S/c1-26(2,19-7-9-21(34-5)10-8-19)22-17-35-25(29-22)30-24(33)28-15-18-6-11-23(27-14-18)32-13-12-20(16-32)31(3)4/h6-11,14,17,20H,12-13,15-16H2,1-5H3,(H2,28,29,30,33). The van der Waals surface area contributed by atoms with Gasteiger partial charge in [-0.05, 0) is 49.8 Å². The van der Waals surface area contributed by atoms with E-state index in [0.29, 0.717) is 17.7 Å². The number of likely N-dealkylation sites (N-methyl/N-ethyl adjacent to an activating group) is 1. The number of ether oxygens (including phenoxy) is 1. The number of hydrogen-bond donors (Lipinski definition) is 2. The van der Waals surface area contributed by atoms with Crippen molar-refractivity contribution in [2.75, 3.05) is 44.5 Å². The van der Waals surface area contributed by atoms with Gasteiger partial charge in [0.1, 0.15) is 11.6 Å². The van der Waals surface area contributed by atoms with Gasteiger partial charge in [-0.25, -0.2) is 14.8 Å². The lowest BCUT2D eigenvalue weighted by Gasteiger charge is -2.23. The minimum Gasteiger partial charge on any atom is -0.497 e. The summed E-state index contributed by atoms with van der Waals surface area (Å²) >= 11 is 1.42. The predicted octanol–water partition coefficient (Wildman–Crippen LogP) is 4.33. The summed E-state index contributed by atoms with van der Waals surface area (Å²) in [6.07, 6.45) is 2.98. The molecule has 0 radical (unpaired) electrons. The number of carbonyl (C=O) groups is 1. The Hall–Kier alpha value is -3.17. The molecule has 2 aromatic heterocycles. The van der Waals surface area contributed by atoms with Gasteiger partial charge in [0.05, 0.1) is 12.8 Å². The quantitative estimate of drug-likeness (QED) is 0.485. The molecule has 2 N–H and O–H groups in total. The lowest BCUT2D eigenvalue weighted by Crippen LogP contribution is -2.31. The van der Waals surface area contributed by atoms with Crippen molar-refractivity contribution in [1.29, 1.82) is 0 Å². The Morgan fingerprint density at radius 3 is 2.63 bits per heavy atom. The maximum absolute atomic E-state index is 12.5. The highest BCUT2D eigenvalue weighted by Gasteiger charge is 2.27. The second kappa shape index (κ2) is 10.6. The zero-order chi connectivity index (χ0) is 25.0. The fraction of sp³-hybridized carbons (Fsp3) is 0.423. The maximum Gasteiger partial charge on any atom is 0.321 e. The van der Waals surface area contributed by atoms with Gasteiger partial charge in [-0.2, -0.15) is 0 Å². The number of pyridine rings is 1. The number of aromatic nitrogens is 2. The van der Waals surface area contributed by atoms with Crippen LogP contribution in [0.4, 0.5) is 15.7 Å². The number of thiazole rings is 1. The molecule has 9 heteroatoms. The molecule has 3 aromatic rings. The van der Waals surface area contributed by atoms with E-state index in [-0.39, 0.29) is 11.4 Å². The highest BCUT2D eigenvalue weighted by molar-refractivity contribution is 7.13. The number of amides is 2. The van der Waals surface area contributed by atoms with Crippen molar-refractivity contribution in [2.45, 2.75) is 38.3 Å². The molecule has 4 rings (SSSR count). The van der Waals surface area contributed by atoms with Gasteiger partial charge in [0, 0.05) is 42.7 Å². The minimum atomic E-state index is -0.297. The topological polar surface area (TPSA) is 82.6 Å². The Bertz CT molecular complexity index is 1130. The second-order valence-corrected chi connectivity index (χ2v) is 10.4. The van der Waals surface area contributed by atoms with E-state index in [2.05, 4.69) is 58.3 Å². The van der Waals surface area contributed by atoms with Crippen molar-refractivity contribution in [2.24, 2.45) is 0 Å². The first-order valence-electron chi connectivity index (χ1n) is 11.8. The largest absolute Gasteiger partial charge is 0.497 e. The Kier molecular flexibility index (Phi) is 7.57. The molecule has 1 aliphatic heterocycles. The monoisotopic (exact) mass is 494 g/mol. The van der Waals surface area contributed by atoms with Crippen molar-refractivity contribution in [3.8, 4) is 5.75 Å². The van der Waals surface area contributed by atoms with E-state index in [1.807, 2.05) is 48.0 Å². The first-order valence-corrected chi connectivity index (χ1v) is 12.7. The van der Waals surface area contributed by atoms with Crippen LogP contribution in [0.3, 0.4) is 0 Å². The van der Waals surface area contributed by atoms with E-state index < -0.39 is 0 Å². The Morgan fingerprint density at radius 1 is 1.23 bits per heavy atom. The van der Waals surface area contributed by atoms with E-state index in [1.165, 1.54) is 11.3 Å². The van der Waals surface area contributed by atoms with Crippen molar-refractivity contribution >= 4 is 28.3 Å². The second-order valence-electron chi connectivity index (χ2n) is 9.58. The molecule has 0 aliphatic carbocycles. The number of urea groups is 1. The van der Waals surface area contributed by atoms with Gasteiger partial charge in [-0.1, -0.05) is 32.0 Å². The fourth-order valence-corrected chi connectivity index (χ4v) is 5.05. The number of benzene rings is 1. The Morgan fingerprint density at radius 2 is 2.00 bits per heavy atom. The van der Waals surface area contributed by atoms with Crippen LogP contribution in [0.5, 0.6) is 5.75 Å². The third-order valence-corrected chi connectivity index (χ3v) is 7.41. The van der Waals surface area contributed by atoms with Crippen molar-refractivity contribution in [3.05, 3.63) is 64.8 Å². The summed E-state index contributed by atoms with van der Waals surface area (Å²) < 4.78 is 5.26. The van der Waals surface area contributed by atoms with Crippen LogP contribution in [-0.4, -0.2) is 61.2 Å². The number of carbonyl (C=O) groups excluding carboxylic acids is 1. The number of nitrogens with one attached hydrogen (secondary N) is 2. The summed E-state index contributed by atoms with van der Waals surface area (Å²) in [5.41, 5.74) is 2.68. The number of hydrogen-bond acceptors (Lipinski definition) is 7. The molecule has 2 amide bonds. The Labute approximate surface area is 211 Å². The molecular weight excluding hydrogens is 460 g/mol. The molecule has 0 saturated carbocycles. The number of anilines is 2. The SMILES string of the molecule is COc1ccc(C(C)(C)c2csc(NC(=O)NCc3ccc(N4CCC(N(C)C)C4)nc3)n2)cc1. The summed E-state index contributed by atoms with van der Waals surface area (Å²) in [6.45, 7) is 6.64. The lowest BCUT2D eigenvalue weighted by molar-refractivity contribution is 0.251. The molecule has 8 nitrogen and oxygen atoms in total. The van der Waals surface area contributed by atoms with Crippen molar-refractivity contribution < 1.29 is 9.53 Å². The third-order valence-electron chi connectivity index (χ3n) is 6.66. The minimum absolute atomic E-state index is 0.286.